The molecule has 0 aliphatic heterocycles. The van der Waals surface area contributed by atoms with E-state index in [1.165, 1.54) is 33.4 Å². The van der Waals surface area contributed by atoms with Gasteiger partial charge in [-0.25, -0.2) is 0 Å². The molecule has 1 aliphatic rings. The highest BCUT2D eigenvalue weighted by molar-refractivity contribution is 6.04. The lowest BCUT2D eigenvalue weighted by molar-refractivity contribution is 0.660. The zero-order chi connectivity index (χ0) is 31.6. The minimum Gasteiger partial charge on any atom is -0.310 e. The number of pyridine rings is 1. The Kier molecular flexibility index (Phi) is 6.29. The summed E-state index contributed by atoms with van der Waals surface area (Å²) in [7, 11) is 0. The van der Waals surface area contributed by atoms with E-state index in [4.69, 9.17) is 10.2 Å². The van der Waals surface area contributed by atoms with Crippen LogP contribution in [0.25, 0.3) is 67.9 Å². The molecular weight excluding hydrogens is 560 g/mol. The summed E-state index contributed by atoms with van der Waals surface area (Å²) in [6.07, 6.45) is 9.95. The molecule has 3 aromatic heterocycles. The van der Waals surface area contributed by atoms with Gasteiger partial charge < -0.3 is 4.57 Å². The van der Waals surface area contributed by atoms with Gasteiger partial charge in [0, 0.05) is 45.2 Å². The highest BCUT2D eigenvalue weighted by Gasteiger charge is 2.35. The average Bonchev–Trinajstić information content (AvgIpc) is 3.73. The predicted octanol–water partition coefficient (Wildman–Crippen LogP) is 10.5. The first kappa shape index (κ1) is 27.8. The Hall–Kier alpha value is -5.74. The zero-order valence-electron chi connectivity index (χ0n) is 26.3. The van der Waals surface area contributed by atoms with Crippen molar-refractivity contribution in [2.45, 2.75) is 26.2 Å². The Balaban J connectivity index is 1.27. The largest absolute Gasteiger partial charge is 0.310 e. The van der Waals surface area contributed by atoms with E-state index in [-0.39, 0.29) is 5.41 Å². The van der Waals surface area contributed by atoms with Gasteiger partial charge in [-0.05, 0) is 94.2 Å². The smallest absolute Gasteiger partial charge is 0.169 e. The SMILES string of the molecule is C=CC=Cc1c(C)cc(C=C)n1-c1ccc(-c2nnc3c4ccccc4c(-c4ccc5c(c4)C(C)(C)c4ccccc4-5)cn23)cc1. The van der Waals surface area contributed by atoms with E-state index in [2.05, 4.69) is 152 Å². The summed E-state index contributed by atoms with van der Waals surface area (Å²) < 4.78 is 4.36. The number of nitrogens with zero attached hydrogens (tertiary/aromatic N) is 4. The molecule has 0 spiro atoms. The van der Waals surface area contributed by atoms with Gasteiger partial charge in [0.2, 0.25) is 0 Å². The molecule has 46 heavy (non-hydrogen) atoms. The van der Waals surface area contributed by atoms with E-state index in [0.717, 1.165) is 50.4 Å². The molecule has 0 saturated heterocycles. The lowest BCUT2D eigenvalue weighted by Crippen LogP contribution is -2.14. The lowest BCUT2D eigenvalue weighted by Gasteiger charge is -2.22. The first-order chi connectivity index (χ1) is 22.4. The molecule has 0 fully saturated rings. The second-order valence-corrected chi connectivity index (χ2v) is 12.6. The summed E-state index contributed by atoms with van der Waals surface area (Å²) in [6, 6.07) is 34.9. The summed E-state index contributed by atoms with van der Waals surface area (Å²) >= 11 is 0. The first-order valence-corrected chi connectivity index (χ1v) is 15.7. The summed E-state index contributed by atoms with van der Waals surface area (Å²) in [5.41, 5.74) is 13.9. The van der Waals surface area contributed by atoms with Crippen LogP contribution in [0.15, 0.2) is 129 Å². The van der Waals surface area contributed by atoms with Gasteiger partial charge in [-0.15, -0.1) is 10.2 Å². The van der Waals surface area contributed by atoms with Crippen LogP contribution in [0.5, 0.6) is 0 Å². The van der Waals surface area contributed by atoms with Crippen LogP contribution in [0.2, 0.25) is 0 Å². The summed E-state index contributed by atoms with van der Waals surface area (Å²) in [6.45, 7) is 14.7. The molecule has 0 amide bonds. The lowest BCUT2D eigenvalue weighted by atomic mass is 9.81. The molecule has 0 radical (unpaired) electrons. The monoisotopic (exact) mass is 594 g/mol. The van der Waals surface area contributed by atoms with Gasteiger partial charge in [-0.1, -0.05) is 99.8 Å². The molecule has 0 atom stereocenters. The van der Waals surface area contributed by atoms with Gasteiger partial charge in [-0.3, -0.25) is 4.40 Å². The third-order valence-corrected chi connectivity index (χ3v) is 9.56. The van der Waals surface area contributed by atoms with Gasteiger partial charge in [-0.2, -0.15) is 0 Å². The van der Waals surface area contributed by atoms with E-state index in [0.29, 0.717) is 0 Å². The second kappa shape index (κ2) is 10.4. The minimum atomic E-state index is -0.0730. The molecule has 8 rings (SSSR count). The Morgan fingerprint density at radius 1 is 0.717 bits per heavy atom. The van der Waals surface area contributed by atoms with Crippen LogP contribution in [-0.2, 0) is 5.41 Å². The Morgan fingerprint density at radius 2 is 1.43 bits per heavy atom. The Morgan fingerprint density at radius 3 is 2.22 bits per heavy atom. The Bertz CT molecular complexity index is 2380. The maximum Gasteiger partial charge on any atom is 0.169 e. The number of benzene rings is 4. The fraction of sp³-hybridized carbons (Fsp3) is 0.0952. The molecule has 0 unspecified atom stereocenters. The van der Waals surface area contributed by atoms with E-state index in [9.17, 15) is 0 Å². The van der Waals surface area contributed by atoms with Crippen LogP contribution >= 0.6 is 0 Å². The molecule has 4 nitrogen and oxygen atoms in total. The number of hydrogen-bond acceptors (Lipinski definition) is 2. The first-order valence-electron chi connectivity index (χ1n) is 15.7. The predicted molar refractivity (Wildman–Crippen MR) is 192 cm³/mol. The van der Waals surface area contributed by atoms with Crippen molar-refractivity contribution in [3.8, 4) is 39.3 Å². The molecule has 0 bridgehead atoms. The second-order valence-electron chi connectivity index (χ2n) is 12.6. The molecule has 222 valence electrons. The summed E-state index contributed by atoms with van der Waals surface area (Å²) in [5, 5.41) is 11.7. The van der Waals surface area contributed by atoms with Crippen molar-refractivity contribution in [1.29, 1.82) is 0 Å². The summed E-state index contributed by atoms with van der Waals surface area (Å²) in [5.74, 6) is 0.807. The molecule has 0 saturated carbocycles. The molecule has 7 aromatic rings. The van der Waals surface area contributed by atoms with Gasteiger partial charge in [0.25, 0.3) is 0 Å². The summed E-state index contributed by atoms with van der Waals surface area (Å²) in [4.78, 5) is 0. The van der Waals surface area contributed by atoms with Crippen molar-refractivity contribution >= 4 is 28.6 Å². The zero-order valence-corrected chi connectivity index (χ0v) is 26.3. The van der Waals surface area contributed by atoms with Crippen molar-refractivity contribution in [2.75, 3.05) is 0 Å². The molecule has 4 heteroatoms. The number of hydrogen-bond donors (Lipinski definition) is 0. The van der Waals surface area contributed by atoms with Gasteiger partial charge in [0.1, 0.15) is 0 Å². The van der Waals surface area contributed by atoms with E-state index >= 15 is 0 Å². The Labute approximate surface area is 269 Å². The number of allylic oxidation sites excluding steroid dienone is 2. The van der Waals surface area contributed by atoms with Gasteiger partial charge >= 0.3 is 0 Å². The third-order valence-electron chi connectivity index (χ3n) is 9.56. The highest BCUT2D eigenvalue weighted by atomic mass is 15.2. The van der Waals surface area contributed by atoms with Crippen molar-refractivity contribution in [3.63, 3.8) is 0 Å². The van der Waals surface area contributed by atoms with E-state index in [1.54, 1.807) is 6.08 Å². The van der Waals surface area contributed by atoms with Crippen molar-refractivity contribution in [3.05, 3.63) is 157 Å². The number of rotatable bonds is 6. The maximum atomic E-state index is 4.72. The van der Waals surface area contributed by atoms with Crippen LogP contribution in [0.3, 0.4) is 0 Å². The molecule has 1 aliphatic carbocycles. The van der Waals surface area contributed by atoms with Crippen LogP contribution in [0.1, 0.15) is 41.9 Å². The minimum absolute atomic E-state index is 0.0730. The molecular formula is C42H34N4. The van der Waals surface area contributed by atoms with Crippen molar-refractivity contribution in [1.82, 2.24) is 19.2 Å². The highest BCUT2D eigenvalue weighted by Crippen LogP contribution is 2.50. The van der Waals surface area contributed by atoms with Gasteiger partial charge in [0.15, 0.2) is 11.5 Å². The van der Waals surface area contributed by atoms with Crippen LogP contribution in [0.4, 0.5) is 0 Å². The molecule has 0 N–H and O–H groups in total. The number of aryl methyl sites for hydroxylation is 1. The average molecular weight is 595 g/mol. The maximum absolute atomic E-state index is 4.72. The molecule has 4 aromatic carbocycles. The van der Waals surface area contributed by atoms with Gasteiger partial charge in [0.05, 0.1) is 0 Å². The standard InChI is InChI=1S/C42H34N4/c1-6-8-17-39-27(3)24-30(7-2)46(39)31-21-18-28(19-22-31)40-43-44-41-35-15-10-9-13-32(35)36(26-45(40)41)29-20-23-34-33-14-11-12-16-37(33)42(4,5)38(34)25-29/h6-26H,1-2H2,3-5H3. The number of aromatic nitrogens is 4. The number of fused-ring (bicyclic) bond motifs is 6. The van der Waals surface area contributed by atoms with Crippen molar-refractivity contribution in [2.24, 2.45) is 0 Å². The quantitative estimate of drug-likeness (QED) is 0.180. The normalized spacial score (nSPS) is 13.4. The van der Waals surface area contributed by atoms with Crippen LogP contribution < -0.4 is 0 Å². The van der Waals surface area contributed by atoms with Crippen molar-refractivity contribution < 1.29 is 0 Å². The van der Waals surface area contributed by atoms with E-state index < -0.39 is 0 Å². The fourth-order valence-electron chi connectivity index (χ4n) is 7.25. The topological polar surface area (TPSA) is 35.1 Å². The van der Waals surface area contributed by atoms with Crippen LogP contribution in [-0.4, -0.2) is 19.2 Å². The third kappa shape index (κ3) is 4.07. The van der Waals surface area contributed by atoms with Crippen LogP contribution in [0, 0.1) is 6.92 Å². The molecule has 3 heterocycles. The fourth-order valence-corrected chi connectivity index (χ4v) is 7.25. The van der Waals surface area contributed by atoms with E-state index in [1.807, 2.05) is 12.2 Å².